The molecule has 2 nitrogen and oxygen atoms in total. The molecular weight excluding hydrogens is 132 g/mol. The van der Waals surface area contributed by atoms with Crippen molar-refractivity contribution < 1.29 is 0 Å². The van der Waals surface area contributed by atoms with Crippen molar-refractivity contribution in [3.05, 3.63) is 23.4 Å². The molecule has 0 bridgehead atoms. The molecule has 48 valence electrons. The summed E-state index contributed by atoms with van der Waals surface area (Å²) in [5.41, 5.74) is 0.549. The van der Waals surface area contributed by atoms with Crippen LogP contribution in [0.2, 0.25) is 0 Å². The van der Waals surface area contributed by atoms with Crippen molar-refractivity contribution in [2.24, 2.45) is 9.98 Å². The molecule has 0 amide bonds. The summed E-state index contributed by atoms with van der Waals surface area (Å²) < 4.78 is 0. The maximum Gasteiger partial charge on any atom is 0.118 e. The molecular formula is C6H8N2S. The van der Waals surface area contributed by atoms with Gasteiger partial charge in [0.25, 0.3) is 0 Å². The topological polar surface area (TPSA) is 24.7 Å². The molecule has 9 heavy (non-hydrogen) atoms. The summed E-state index contributed by atoms with van der Waals surface area (Å²) in [5.74, 6) is 0. The SMILES string of the molecule is C=C/C(N=C)=C(/S)N=C. The maximum atomic E-state index is 3.93. The van der Waals surface area contributed by atoms with Gasteiger partial charge in [0.2, 0.25) is 0 Å². The Morgan fingerprint density at radius 1 is 1.33 bits per heavy atom. The first-order valence-electron chi connectivity index (χ1n) is 2.25. The van der Waals surface area contributed by atoms with Gasteiger partial charge >= 0.3 is 0 Å². The van der Waals surface area contributed by atoms with Crippen LogP contribution >= 0.6 is 12.6 Å². The van der Waals surface area contributed by atoms with Gasteiger partial charge in [-0.1, -0.05) is 6.58 Å². The first-order valence-corrected chi connectivity index (χ1v) is 2.70. The molecule has 3 heteroatoms. The van der Waals surface area contributed by atoms with Crippen LogP contribution in [-0.4, -0.2) is 13.4 Å². The van der Waals surface area contributed by atoms with Gasteiger partial charge in [0.1, 0.15) is 5.03 Å². The minimum absolute atomic E-state index is 0.444. The lowest BCUT2D eigenvalue weighted by Crippen LogP contribution is -1.72. The Morgan fingerprint density at radius 3 is 2.00 bits per heavy atom. The van der Waals surface area contributed by atoms with Crippen LogP contribution in [0, 0.1) is 0 Å². The molecule has 0 spiro atoms. The minimum Gasteiger partial charge on any atom is -0.262 e. The van der Waals surface area contributed by atoms with E-state index in [1.807, 2.05) is 0 Å². The van der Waals surface area contributed by atoms with Crippen LogP contribution in [-0.2, 0) is 0 Å². The number of aliphatic imine (C=N–C) groups is 2. The van der Waals surface area contributed by atoms with Gasteiger partial charge in [-0.2, -0.15) is 0 Å². The van der Waals surface area contributed by atoms with Gasteiger partial charge in [-0.25, -0.2) is 0 Å². The van der Waals surface area contributed by atoms with Gasteiger partial charge in [-0.05, 0) is 19.5 Å². The Bertz CT molecular complexity index is 160. The van der Waals surface area contributed by atoms with Crippen molar-refractivity contribution in [1.82, 2.24) is 0 Å². The highest BCUT2D eigenvalue weighted by molar-refractivity contribution is 7.84. The van der Waals surface area contributed by atoms with E-state index in [1.54, 1.807) is 0 Å². The third-order valence-electron chi connectivity index (χ3n) is 0.743. The molecule has 0 saturated heterocycles. The molecule has 0 aromatic heterocycles. The smallest absolute Gasteiger partial charge is 0.118 e. The molecule has 0 atom stereocenters. The molecule has 0 saturated carbocycles. The molecule has 0 aliphatic heterocycles. The van der Waals surface area contributed by atoms with Crippen molar-refractivity contribution in [3.8, 4) is 0 Å². The van der Waals surface area contributed by atoms with E-state index < -0.39 is 0 Å². The summed E-state index contributed by atoms with van der Waals surface area (Å²) in [5, 5.41) is 0.444. The summed E-state index contributed by atoms with van der Waals surface area (Å²) in [6.45, 7) is 10.0. The lowest BCUT2D eigenvalue weighted by atomic mass is 10.5. The standard InChI is InChI=1S/C6H8N2S/c1-4-5(7-2)6(9)8-3/h4,9H,1-3H2/b6-5-. The van der Waals surface area contributed by atoms with Crippen molar-refractivity contribution in [1.29, 1.82) is 0 Å². The molecule has 0 aromatic rings. The Kier molecular flexibility index (Phi) is 3.71. The average molecular weight is 140 g/mol. The van der Waals surface area contributed by atoms with Gasteiger partial charge in [0.05, 0.1) is 5.70 Å². The largest absolute Gasteiger partial charge is 0.262 e. The predicted octanol–water partition coefficient (Wildman–Crippen LogP) is 1.67. The molecule has 0 fully saturated rings. The van der Waals surface area contributed by atoms with E-state index in [-0.39, 0.29) is 0 Å². The Morgan fingerprint density at radius 2 is 1.89 bits per heavy atom. The lowest BCUT2D eigenvalue weighted by molar-refractivity contribution is 1.36. The normalized spacial score (nSPS) is 11.7. The van der Waals surface area contributed by atoms with Gasteiger partial charge in [-0.3, -0.25) is 9.98 Å². The highest BCUT2D eigenvalue weighted by Gasteiger charge is 1.89. The summed E-state index contributed by atoms with van der Waals surface area (Å²) in [6, 6.07) is 0. The molecule has 0 aromatic carbocycles. The summed E-state index contributed by atoms with van der Waals surface area (Å²) in [6.07, 6.45) is 1.52. The zero-order valence-corrected chi connectivity index (χ0v) is 5.93. The van der Waals surface area contributed by atoms with Gasteiger partial charge in [0, 0.05) is 0 Å². The lowest BCUT2D eigenvalue weighted by Gasteiger charge is -1.91. The average Bonchev–Trinajstić information content (AvgIpc) is 1.90. The molecule has 0 aliphatic rings. The van der Waals surface area contributed by atoms with E-state index in [0.29, 0.717) is 10.7 Å². The summed E-state index contributed by atoms with van der Waals surface area (Å²) in [4.78, 5) is 7.10. The zero-order valence-electron chi connectivity index (χ0n) is 5.04. The molecule has 0 radical (unpaired) electrons. The van der Waals surface area contributed by atoms with Crippen LogP contribution in [0.25, 0.3) is 0 Å². The monoisotopic (exact) mass is 140 g/mol. The van der Waals surface area contributed by atoms with Gasteiger partial charge < -0.3 is 0 Å². The van der Waals surface area contributed by atoms with E-state index >= 15 is 0 Å². The number of thiol groups is 1. The third kappa shape index (κ3) is 2.28. The second-order valence-electron chi connectivity index (χ2n) is 1.23. The summed E-state index contributed by atoms with van der Waals surface area (Å²) in [7, 11) is 0. The van der Waals surface area contributed by atoms with E-state index in [1.165, 1.54) is 6.08 Å². The van der Waals surface area contributed by atoms with E-state index in [2.05, 4.69) is 42.6 Å². The van der Waals surface area contributed by atoms with E-state index in [4.69, 9.17) is 0 Å². The van der Waals surface area contributed by atoms with Crippen LogP contribution in [0.15, 0.2) is 33.4 Å². The van der Waals surface area contributed by atoms with Crippen molar-refractivity contribution in [2.75, 3.05) is 0 Å². The molecule has 0 unspecified atom stereocenters. The quantitative estimate of drug-likeness (QED) is 0.350. The maximum absolute atomic E-state index is 3.93. The second kappa shape index (κ2) is 4.09. The van der Waals surface area contributed by atoms with Gasteiger partial charge in [-0.15, -0.1) is 12.6 Å². The fourth-order valence-electron chi connectivity index (χ4n) is 0.308. The van der Waals surface area contributed by atoms with Crippen molar-refractivity contribution in [3.63, 3.8) is 0 Å². The first kappa shape index (κ1) is 8.17. The molecule has 0 N–H and O–H groups in total. The first-order chi connectivity index (χ1) is 4.26. The van der Waals surface area contributed by atoms with Crippen LogP contribution in [0.1, 0.15) is 0 Å². The fourth-order valence-corrected chi connectivity index (χ4v) is 0.470. The van der Waals surface area contributed by atoms with Crippen LogP contribution in [0.4, 0.5) is 0 Å². The number of nitrogens with zero attached hydrogens (tertiary/aromatic N) is 2. The Balaban J connectivity index is 4.56. The Hall–Kier alpha value is -0.830. The van der Waals surface area contributed by atoms with Crippen LogP contribution in [0.3, 0.4) is 0 Å². The zero-order chi connectivity index (χ0) is 7.28. The van der Waals surface area contributed by atoms with E-state index in [9.17, 15) is 0 Å². The Labute approximate surface area is 60.1 Å². The van der Waals surface area contributed by atoms with E-state index in [0.717, 1.165) is 0 Å². The highest BCUT2D eigenvalue weighted by atomic mass is 32.1. The molecule has 0 rings (SSSR count). The number of hydrogen-bond donors (Lipinski definition) is 1. The third-order valence-corrected chi connectivity index (χ3v) is 1.11. The highest BCUT2D eigenvalue weighted by Crippen LogP contribution is 2.10. The number of rotatable bonds is 3. The van der Waals surface area contributed by atoms with Crippen molar-refractivity contribution >= 4 is 26.1 Å². The fraction of sp³-hybridized carbons (Fsp3) is 0. The predicted molar refractivity (Wildman–Crippen MR) is 45.3 cm³/mol. The minimum atomic E-state index is 0.444. The van der Waals surface area contributed by atoms with Crippen LogP contribution < -0.4 is 0 Å². The van der Waals surface area contributed by atoms with Crippen LogP contribution in [0.5, 0.6) is 0 Å². The van der Waals surface area contributed by atoms with Gasteiger partial charge in [0.15, 0.2) is 0 Å². The molecule has 0 aliphatic carbocycles. The molecule has 0 heterocycles. The number of allylic oxidation sites excluding steroid dienone is 1. The second-order valence-corrected chi connectivity index (χ2v) is 1.65. The summed E-state index contributed by atoms with van der Waals surface area (Å²) >= 11 is 3.93. The number of hydrogen-bond acceptors (Lipinski definition) is 3. The van der Waals surface area contributed by atoms with Crippen molar-refractivity contribution in [2.45, 2.75) is 0 Å².